The third kappa shape index (κ3) is 8.24. The van der Waals surface area contributed by atoms with E-state index in [0.29, 0.717) is 24.3 Å². The molecule has 4 N–H and O–H groups in total. The molecule has 0 aliphatic rings. The Labute approximate surface area is 242 Å². The number of benzene rings is 3. The van der Waals surface area contributed by atoms with E-state index in [-0.39, 0.29) is 0 Å². The number of carbonyl (C=O) groups is 5. The molecule has 0 aromatic heterocycles. The number of esters is 2. The summed E-state index contributed by atoms with van der Waals surface area (Å²) >= 11 is 0. The zero-order valence-electron chi connectivity index (χ0n) is 21.6. The van der Waals surface area contributed by atoms with Gasteiger partial charge in [-0.3, -0.25) is 20.4 Å². The Hall–Kier alpha value is -5.61. The van der Waals surface area contributed by atoms with E-state index in [1.165, 1.54) is 12.1 Å². The zero-order chi connectivity index (χ0) is 32.8. The quantitative estimate of drug-likeness (QED) is 0.165. The fraction of sp³-hybridized carbons (Fsp3) is 0.148. The molecule has 2 atom stereocenters. The second-order valence-electron chi connectivity index (χ2n) is 8.61. The van der Waals surface area contributed by atoms with Crippen molar-refractivity contribution in [2.24, 2.45) is 0 Å². The van der Waals surface area contributed by atoms with Gasteiger partial charge in [-0.1, -0.05) is 24.3 Å². The number of ether oxygens (including phenoxy) is 2. The number of carboxylic acids is 1. The SMILES string of the molecule is O=C(O[C@H](C(=O)O)[C@@H](OC(=O)c1cccc(C(F)(F)F)c1)C(=O)NNC(=O)c1ccccc1O)c1cccc(C(F)(F)F)c1. The molecular formula is C27H18F6N2O9. The molecule has 44 heavy (non-hydrogen) atoms. The number of carboxylic acid groups (broad SMARTS) is 1. The number of hydrogen-bond donors (Lipinski definition) is 4. The van der Waals surface area contributed by atoms with Crippen LogP contribution in [0.3, 0.4) is 0 Å². The standard InChI is InChI=1S/C27H18F6N2O9/c28-26(29,30)15-7-3-5-13(11-15)24(41)43-19(22(38)35-34-21(37)17-9-1-2-10-18(17)36)20(23(39)40)44-25(42)14-6-4-8-16(12-14)27(31,32)33/h1-12,19-20,36H,(H,34,37)(H,35,38)(H,39,40)/t19-,20+/m1/s1. The summed E-state index contributed by atoms with van der Waals surface area (Å²) in [7, 11) is 0. The topological polar surface area (TPSA) is 168 Å². The minimum atomic E-state index is -4.93. The smallest absolute Gasteiger partial charge is 0.416 e. The fourth-order valence-electron chi connectivity index (χ4n) is 3.43. The number of hydrogen-bond acceptors (Lipinski definition) is 8. The van der Waals surface area contributed by atoms with Crippen molar-refractivity contribution in [1.82, 2.24) is 10.9 Å². The van der Waals surface area contributed by atoms with Gasteiger partial charge in [0, 0.05) is 0 Å². The Bertz CT molecular complexity index is 1590. The average molecular weight is 628 g/mol. The first-order valence-corrected chi connectivity index (χ1v) is 11.9. The van der Waals surface area contributed by atoms with Gasteiger partial charge in [0.2, 0.25) is 12.2 Å². The molecule has 3 aromatic carbocycles. The van der Waals surface area contributed by atoms with Crippen LogP contribution in [0, 0.1) is 0 Å². The Morgan fingerprint density at radius 3 is 1.59 bits per heavy atom. The Kier molecular flexibility index (Phi) is 9.82. The molecular weight excluding hydrogens is 610 g/mol. The molecule has 0 radical (unpaired) electrons. The highest BCUT2D eigenvalue weighted by Crippen LogP contribution is 2.31. The molecule has 3 aromatic rings. The van der Waals surface area contributed by atoms with Crippen LogP contribution in [0.4, 0.5) is 26.3 Å². The molecule has 17 heteroatoms. The van der Waals surface area contributed by atoms with Crippen LogP contribution >= 0.6 is 0 Å². The first-order valence-electron chi connectivity index (χ1n) is 11.9. The van der Waals surface area contributed by atoms with E-state index in [1.54, 1.807) is 10.9 Å². The van der Waals surface area contributed by atoms with Crippen LogP contribution in [0.25, 0.3) is 0 Å². The van der Waals surface area contributed by atoms with Crippen LogP contribution in [0.2, 0.25) is 0 Å². The highest BCUT2D eigenvalue weighted by molar-refractivity contribution is 6.00. The van der Waals surface area contributed by atoms with Gasteiger partial charge >= 0.3 is 30.3 Å². The Balaban J connectivity index is 1.93. The van der Waals surface area contributed by atoms with E-state index in [1.807, 2.05) is 0 Å². The van der Waals surface area contributed by atoms with Crippen molar-refractivity contribution < 1.29 is 70.0 Å². The molecule has 0 heterocycles. The highest BCUT2D eigenvalue weighted by Gasteiger charge is 2.42. The van der Waals surface area contributed by atoms with E-state index in [4.69, 9.17) is 9.47 Å². The van der Waals surface area contributed by atoms with E-state index < -0.39 is 87.8 Å². The number of aromatic hydroxyl groups is 1. The van der Waals surface area contributed by atoms with Gasteiger partial charge in [0.25, 0.3) is 11.8 Å². The number of para-hydroxylation sites is 1. The van der Waals surface area contributed by atoms with Gasteiger partial charge in [0.1, 0.15) is 5.75 Å². The number of hydrazine groups is 1. The van der Waals surface area contributed by atoms with Crippen molar-refractivity contribution in [2.45, 2.75) is 24.6 Å². The molecule has 0 saturated heterocycles. The lowest BCUT2D eigenvalue weighted by atomic mass is 10.1. The number of nitrogens with one attached hydrogen (secondary N) is 2. The summed E-state index contributed by atoms with van der Waals surface area (Å²) in [6.07, 6.45) is -15.4. The molecule has 0 unspecified atom stereocenters. The molecule has 0 bridgehead atoms. The second-order valence-corrected chi connectivity index (χ2v) is 8.61. The first kappa shape index (κ1) is 32.9. The van der Waals surface area contributed by atoms with Gasteiger partial charge in [0.15, 0.2) is 0 Å². The predicted octanol–water partition coefficient (Wildman–Crippen LogP) is 3.73. The summed E-state index contributed by atoms with van der Waals surface area (Å²) in [5.74, 6) is -9.07. The van der Waals surface area contributed by atoms with Gasteiger partial charge in [-0.05, 0) is 48.5 Å². The van der Waals surface area contributed by atoms with Crippen LogP contribution in [0.15, 0.2) is 72.8 Å². The Morgan fingerprint density at radius 1 is 0.659 bits per heavy atom. The van der Waals surface area contributed by atoms with Gasteiger partial charge in [-0.2, -0.15) is 26.3 Å². The second kappa shape index (κ2) is 13.1. The first-order chi connectivity index (χ1) is 20.5. The normalized spacial score (nSPS) is 12.8. The van der Waals surface area contributed by atoms with E-state index in [0.717, 1.165) is 36.4 Å². The van der Waals surface area contributed by atoms with Crippen molar-refractivity contribution in [1.29, 1.82) is 0 Å². The van der Waals surface area contributed by atoms with Gasteiger partial charge in [-0.25, -0.2) is 14.4 Å². The van der Waals surface area contributed by atoms with Crippen molar-refractivity contribution in [2.75, 3.05) is 0 Å². The van der Waals surface area contributed by atoms with Crippen molar-refractivity contribution in [3.8, 4) is 5.75 Å². The van der Waals surface area contributed by atoms with Crippen LogP contribution < -0.4 is 10.9 Å². The molecule has 0 saturated carbocycles. The van der Waals surface area contributed by atoms with Crippen LogP contribution in [-0.4, -0.2) is 52.1 Å². The lowest BCUT2D eigenvalue weighted by Crippen LogP contribution is -2.54. The predicted molar refractivity (Wildman–Crippen MR) is 133 cm³/mol. The number of alkyl halides is 6. The maximum atomic E-state index is 13.1. The van der Waals surface area contributed by atoms with E-state index in [2.05, 4.69) is 0 Å². The highest BCUT2D eigenvalue weighted by atomic mass is 19.4. The lowest BCUT2D eigenvalue weighted by Gasteiger charge is -2.24. The largest absolute Gasteiger partial charge is 0.507 e. The zero-order valence-corrected chi connectivity index (χ0v) is 21.6. The van der Waals surface area contributed by atoms with Crippen molar-refractivity contribution in [3.63, 3.8) is 0 Å². The summed E-state index contributed by atoms with van der Waals surface area (Å²) in [6, 6.07) is 9.89. The maximum Gasteiger partial charge on any atom is 0.416 e. The number of phenolic OH excluding ortho intramolecular Hbond substituents is 1. The number of amides is 2. The van der Waals surface area contributed by atoms with E-state index in [9.17, 15) is 60.5 Å². The van der Waals surface area contributed by atoms with Gasteiger partial charge in [-0.15, -0.1) is 0 Å². The molecule has 3 rings (SSSR count). The molecule has 2 amide bonds. The minimum Gasteiger partial charge on any atom is -0.507 e. The van der Waals surface area contributed by atoms with E-state index >= 15 is 0 Å². The average Bonchev–Trinajstić information content (AvgIpc) is 2.96. The molecule has 0 aliphatic heterocycles. The molecule has 11 nitrogen and oxygen atoms in total. The summed E-state index contributed by atoms with van der Waals surface area (Å²) in [5.41, 5.74) is -1.27. The molecule has 0 spiro atoms. The number of phenols is 1. The summed E-state index contributed by atoms with van der Waals surface area (Å²) in [4.78, 5) is 62.7. The molecule has 0 fully saturated rings. The fourth-order valence-corrected chi connectivity index (χ4v) is 3.43. The third-order valence-electron chi connectivity index (χ3n) is 5.54. The van der Waals surface area contributed by atoms with Crippen molar-refractivity contribution >= 4 is 29.7 Å². The molecule has 232 valence electrons. The summed E-state index contributed by atoms with van der Waals surface area (Å²) < 4.78 is 88.1. The van der Waals surface area contributed by atoms with Crippen LogP contribution in [0.1, 0.15) is 42.2 Å². The Morgan fingerprint density at radius 2 is 1.14 bits per heavy atom. The summed E-state index contributed by atoms with van der Waals surface area (Å²) in [5, 5.41) is 19.5. The van der Waals surface area contributed by atoms with Crippen LogP contribution in [-0.2, 0) is 31.4 Å². The monoisotopic (exact) mass is 628 g/mol. The number of aliphatic carboxylic acids is 1. The van der Waals surface area contributed by atoms with Gasteiger partial charge in [0.05, 0.1) is 27.8 Å². The number of halogens is 6. The van der Waals surface area contributed by atoms with Gasteiger partial charge < -0.3 is 19.7 Å². The van der Waals surface area contributed by atoms with Crippen LogP contribution in [0.5, 0.6) is 5.75 Å². The van der Waals surface area contributed by atoms with Crippen molar-refractivity contribution in [3.05, 3.63) is 101 Å². The lowest BCUT2D eigenvalue weighted by molar-refractivity contribution is -0.159. The summed E-state index contributed by atoms with van der Waals surface area (Å²) in [6.45, 7) is 0. The number of rotatable bonds is 8. The molecule has 0 aliphatic carbocycles. The minimum absolute atomic E-state index is 0.303. The maximum absolute atomic E-state index is 13.1. The number of carbonyl (C=O) groups excluding carboxylic acids is 4. The third-order valence-corrected chi connectivity index (χ3v) is 5.54.